The third-order valence-corrected chi connectivity index (χ3v) is 6.45. The van der Waals surface area contributed by atoms with Gasteiger partial charge in [0.05, 0.1) is 4.90 Å². The molecular weight excluding hydrogens is 284 g/mol. The van der Waals surface area contributed by atoms with Crippen molar-refractivity contribution in [2.45, 2.75) is 50.8 Å². The van der Waals surface area contributed by atoms with Gasteiger partial charge in [0, 0.05) is 18.8 Å². The summed E-state index contributed by atoms with van der Waals surface area (Å²) in [6, 6.07) is 5.21. The summed E-state index contributed by atoms with van der Waals surface area (Å²) in [4.78, 5) is 0.389. The number of rotatable bonds is 4. The topological polar surface area (TPSA) is 63.4 Å². The summed E-state index contributed by atoms with van der Waals surface area (Å²) >= 11 is 0. The molecule has 1 aromatic carbocycles. The molecule has 0 saturated carbocycles. The van der Waals surface area contributed by atoms with Crippen LogP contribution in [0.5, 0.6) is 0 Å². The number of benzene rings is 1. The number of hydrogen-bond acceptors (Lipinski definition) is 3. The Morgan fingerprint density at radius 1 is 1.24 bits per heavy atom. The van der Waals surface area contributed by atoms with E-state index in [1.807, 2.05) is 13.0 Å². The summed E-state index contributed by atoms with van der Waals surface area (Å²) < 4.78 is 27.5. The van der Waals surface area contributed by atoms with Crippen molar-refractivity contribution in [3.63, 3.8) is 0 Å². The Kier molecular flexibility index (Phi) is 5.27. The maximum Gasteiger partial charge on any atom is 0.243 e. The number of nitrogen functional groups attached to an aromatic ring is 1. The van der Waals surface area contributed by atoms with Crippen LogP contribution in [0.1, 0.15) is 45.1 Å². The average molecular weight is 310 g/mol. The van der Waals surface area contributed by atoms with Gasteiger partial charge in [-0.25, -0.2) is 8.42 Å². The molecule has 2 N–H and O–H groups in total. The van der Waals surface area contributed by atoms with E-state index in [0.717, 1.165) is 31.2 Å². The average Bonchev–Trinajstić information content (AvgIpc) is 2.73. The molecule has 1 aromatic rings. The summed E-state index contributed by atoms with van der Waals surface area (Å²) in [7, 11) is -3.43. The molecule has 1 saturated heterocycles. The van der Waals surface area contributed by atoms with E-state index in [9.17, 15) is 8.42 Å². The van der Waals surface area contributed by atoms with E-state index in [1.54, 1.807) is 16.4 Å². The minimum absolute atomic E-state index is 0.389. The Labute approximate surface area is 128 Å². The molecule has 1 aliphatic heterocycles. The van der Waals surface area contributed by atoms with Gasteiger partial charge in [0.15, 0.2) is 0 Å². The van der Waals surface area contributed by atoms with E-state index < -0.39 is 10.0 Å². The molecule has 1 atom stereocenters. The van der Waals surface area contributed by atoms with Crippen LogP contribution in [-0.4, -0.2) is 25.8 Å². The minimum atomic E-state index is -3.43. The third kappa shape index (κ3) is 3.58. The molecular formula is C16H26N2O2S. The van der Waals surface area contributed by atoms with Gasteiger partial charge in [0.25, 0.3) is 0 Å². The molecule has 0 aromatic heterocycles. The van der Waals surface area contributed by atoms with E-state index in [1.165, 1.54) is 0 Å². The fourth-order valence-corrected chi connectivity index (χ4v) is 4.85. The molecule has 0 bridgehead atoms. The van der Waals surface area contributed by atoms with Gasteiger partial charge in [-0.3, -0.25) is 0 Å². The first kappa shape index (κ1) is 16.3. The highest BCUT2D eigenvalue weighted by molar-refractivity contribution is 7.89. The monoisotopic (exact) mass is 310 g/mol. The first-order valence-electron chi connectivity index (χ1n) is 7.87. The lowest BCUT2D eigenvalue weighted by atomic mass is 9.98. The van der Waals surface area contributed by atoms with Gasteiger partial charge in [-0.15, -0.1) is 0 Å². The van der Waals surface area contributed by atoms with Crippen molar-refractivity contribution in [1.29, 1.82) is 0 Å². The summed E-state index contributed by atoms with van der Waals surface area (Å²) in [5.74, 6) is 0.650. The van der Waals surface area contributed by atoms with Gasteiger partial charge < -0.3 is 5.73 Å². The molecule has 1 fully saturated rings. The van der Waals surface area contributed by atoms with Crippen LogP contribution in [0, 0.1) is 5.92 Å². The van der Waals surface area contributed by atoms with Crippen molar-refractivity contribution in [3.05, 3.63) is 23.8 Å². The highest BCUT2D eigenvalue weighted by atomic mass is 32.2. The van der Waals surface area contributed by atoms with Crippen molar-refractivity contribution < 1.29 is 8.42 Å². The first-order valence-corrected chi connectivity index (χ1v) is 9.31. The molecule has 2 rings (SSSR count). The second-order valence-corrected chi connectivity index (χ2v) is 7.74. The number of anilines is 1. The van der Waals surface area contributed by atoms with Gasteiger partial charge in [-0.05, 0) is 49.3 Å². The van der Waals surface area contributed by atoms with Gasteiger partial charge in [-0.1, -0.05) is 26.3 Å². The molecule has 5 heteroatoms. The highest BCUT2D eigenvalue weighted by Crippen LogP contribution is 2.27. The molecule has 1 unspecified atom stereocenters. The van der Waals surface area contributed by atoms with E-state index in [0.29, 0.717) is 36.0 Å². The highest BCUT2D eigenvalue weighted by Gasteiger charge is 2.28. The molecule has 0 aliphatic carbocycles. The molecule has 4 nitrogen and oxygen atoms in total. The molecule has 0 spiro atoms. The van der Waals surface area contributed by atoms with E-state index in [4.69, 9.17) is 5.73 Å². The molecule has 118 valence electrons. The standard InChI is InChI=1S/C16H26N2O2S/c1-3-13-6-5-10-18(11-9-13)21(19,20)16-12-15(17)8-7-14(16)4-2/h7-8,12-13H,3-6,9-11,17H2,1-2H3. The smallest absolute Gasteiger partial charge is 0.243 e. The predicted molar refractivity (Wildman–Crippen MR) is 86.6 cm³/mol. The molecule has 0 amide bonds. The van der Waals surface area contributed by atoms with Gasteiger partial charge in [0.1, 0.15) is 0 Å². The zero-order valence-corrected chi connectivity index (χ0v) is 13.8. The zero-order chi connectivity index (χ0) is 15.5. The summed E-state index contributed by atoms with van der Waals surface area (Å²) in [6.07, 6.45) is 4.85. The number of nitrogens with two attached hydrogens (primary N) is 1. The normalized spacial score (nSPS) is 21.1. The lowest BCUT2D eigenvalue weighted by molar-refractivity contribution is 0.407. The Hall–Kier alpha value is -1.07. The Bertz CT molecular complexity index is 584. The van der Waals surface area contributed by atoms with E-state index in [-0.39, 0.29) is 0 Å². The minimum Gasteiger partial charge on any atom is -0.399 e. The molecule has 1 heterocycles. The quantitative estimate of drug-likeness (QED) is 0.869. The van der Waals surface area contributed by atoms with Crippen molar-refractivity contribution >= 4 is 15.7 Å². The van der Waals surface area contributed by atoms with Crippen molar-refractivity contribution in [3.8, 4) is 0 Å². The fourth-order valence-electron chi connectivity index (χ4n) is 3.03. The molecule has 0 radical (unpaired) electrons. The third-order valence-electron chi connectivity index (χ3n) is 4.47. The fraction of sp³-hybridized carbons (Fsp3) is 0.625. The second kappa shape index (κ2) is 6.79. The van der Waals surface area contributed by atoms with Gasteiger partial charge >= 0.3 is 0 Å². The molecule has 21 heavy (non-hydrogen) atoms. The maximum atomic E-state index is 12.9. The summed E-state index contributed by atoms with van der Waals surface area (Å²) in [5, 5.41) is 0. The number of aryl methyl sites for hydroxylation is 1. The Morgan fingerprint density at radius 2 is 2.00 bits per heavy atom. The Morgan fingerprint density at radius 3 is 2.67 bits per heavy atom. The Balaban J connectivity index is 2.31. The second-order valence-electron chi connectivity index (χ2n) is 5.83. The SMILES string of the molecule is CCc1ccc(N)cc1S(=O)(=O)N1CCCC(CC)CC1. The maximum absolute atomic E-state index is 12.9. The van der Waals surface area contributed by atoms with Crippen LogP contribution in [0.25, 0.3) is 0 Å². The van der Waals surface area contributed by atoms with E-state index >= 15 is 0 Å². The van der Waals surface area contributed by atoms with E-state index in [2.05, 4.69) is 6.92 Å². The first-order chi connectivity index (χ1) is 9.98. The van der Waals surface area contributed by atoms with Crippen LogP contribution in [0.2, 0.25) is 0 Å². The summed E-state index contributed by atoms with van der Waals surface area (Å²) in [6.45, 7) is 5.40. The number of hydrogen-bond donors (Lipinski definition) is 1. The summed E-state index contributed by atoms with van der Waals surface area (Å²) in [5.41, 5.74) is 7.15. The zero-order valence-electron chi connectivity index (χ0n) is 13.0. The van der Waals surface area contributed by atoms with Crippen LogP contribution >= 0.6 is 0 Å². The predicted octanol–water partition coefficient (Wildman–Crippen LogP) is 3.03. The number of nitrogens with zero attached hydrogens (tertiary/aromatic N) is 1. The van der Waals surface area contributed by atoms with Gasteiger partial charge in [-0.2, -0.15) is 4.31 Å². The van der Waals surface area contributed by atoms with Gasteiger partial charge in [0.2, 0.25) is 10.0 Å². The lowest BCUT2D eigenvalue weighted by Gasteiger charge is -2.22. The van der Waals surface area contributed by atoms with Crippen LogP contribution in [-0.2, 0) is 16.4 Å². The van der Waals surface area contributed by atoms with Crippen molar-refractivity contribution in [2.75, 3.05) is 18.8 Å². The van der Waals surface area contributed by atoms with Crippen LogP contribution < -0.4 is 5.73 Å². The van der Waals surface area contributed by atoms with Crippen LogP contribution in [0.4, 0.5) is 5.69 Å². The van der Waals surface area contributed by atoms with Crippen LogP contribution in [0.15, 0.2) is 23.1 Å². The largest absolute Gasteiger partial charge is 0.399 e. The van der Waals surface area contributed by atoms with Crippen molar-refractivity contribution in [1.82, 2.24) is 4.31 Å². The molecule has 1 aliphatic rings. The lowest BCUT2D eigenvalue weighted by Crippen LogP contribution is -2.32. The van der Waals surface area contributed by atoms with Crippen molar-refractivity contribution in [2.24, 2.45) is 5.92 Å². The van der Waals surface area contributed by atoms with Crippen LogP contribution in [0.3, 0.4) is 0 Å². The number of sulfonamides is 1.